The maximum atomic E-state index is 13.5. The molecule has 0 N–H and O–H groups in total. The maximum Gasteiger partial charge on any atom is 0.277 e. The number of para-hydroxylation sites is 1. The van der Waals surface area contributed by atoms with E-state index in [-0.39, 0.29) is 12.1 Å². The number of aryl methyl sites for hydroxylation is 1. The molecule has 2 aromatic heterocycles. The van der Waals surface area contributed by atoms with E-state index in [1.54, 1.807) is 24.4 Å². The molecule has 0 saturated heterocycles. The van der Waals surface area contributed by atoms with Crippen LogP contribution in [-0.2, 0) is 6.54 Å². The first-order valence-corrected chi connectivity index (χ1v) is 10.2. The number of nitro benzene ring substituents is 2. The number of nitro groups is 2. The van der Waals surface area contributed by atoms with Crippen LogP contribution in [0.15, 0.2) is 60.8 Å². The van der Waals surface area contributed by atoms with Crippen molar-refractivity contribution < 1.29 is 14.6 Å². The molecule has 4 rings (SSSR count). The van der Waals surface area contributed by atoms with Crippen LogP contribution >= 0.6 is 11.3 Å². The van der Waals surface area contributed by atoms with Gasteiger partial charge in [0.25, 0.3) is 17.3 Å². The third-order valence-corrected chi connectivity index (χ3v) is 5.75. The summed E-state index contributed by atoms with van der Waals surface area (Å²) < 4.78 is 0.865. The fourth-order valence-electron chi connectivity index (χ4n) is 3.16. The average molecular weight is 449 g/mol. The second-order valence-corrected chi connectivity index (χ2v) is 7.89. The van der Waals surface area contributed by atoms with Crippen LogP contribution in [0.4, 0.5) is 16.5 Å². The summed E-state index contributed by atoms with van der Waals surface area (Å²) in [5.41, 5.74) is 0.966. The zero-order valence-corrected chi connectivity index (χ0v) is 17.5. The predicted molar refractivity (Wildman–Crippen MR) is 119 cm³/mol. The molecule has 2 heterocycles. The van der Waals surface area contributed by atoms with Gasteiger partial charge in [-0.2, -0.15) is 0 Å². The van der Waals surface area contributed by atoms with Gasteiger partial charge < -0.3 is 0 Å². The number of carbonyl (C=O) groups excluding carboxylic acids is 1. The van der Waals surface area contributed by atoms with Crippen LogP contribution in [0.25, 0.3) is 10.2 Å². The molecule has 0 unspecified atom stereocenters. The molecule has 0 spiro atoms. The van der Waals surface area contributed by atoms with E-state index in [0.29, 0.717) is 10.8 Å². The Labute approximate surface area is 185 Å². The largest absolute Gasteiger partial charge is 0.278 e. The molecule has 0 fully saturated rings. The molecule has 0 atom stereocenters. The minimum atomic E-state index is -0.770. The Bertz CT molecular complexity index is 1320. The van der Waals surface area contributed by atoms with E-state index in [0.717, 1.165) is 34.0 Å². The van der Waals surface area contributed by atoms with Crippen molar-refractivity contribution in [3.05, 3.63) is 97.8 Å². The lowest BCUT2D eigenvalue weighted by Crippen LogP contribution is -2.30. The van der Waals surface area contributed by atoms with E-state index in [1.807, 2.05) is 25.1 Å². The number of non-ortho nitro benzene ring substituents is 2. The normalized spacial score (nSPS) is 10.8. The number of hydrogen-bond donors (Lipinski definition) is 0. The van der Waals surface area contributed by atoms with Gasteiger partial charge >= 0.3 is 0 Å². The lowest BCUT2D eigenvalue weighted by Gasteiger charge is -2.19. The average Bonchev–Trinajstić information content (AvgIpc) is 3.23. The summed E-state index contributed by atoms with van der Waals surface area (Å²) in [6.07, 6.45) is 1.58. The van der Waals surface area contributed by atoms with Gasteiger partial charge in [-0.1, -0.05) is 29.5 Å². The number of carbonyl (C=O) groups is 1. The van der Waals surface area contributed by atoms with Gasteiger partial charge in [0.2, 0.25) is 0 Å². The standard InChI is InChI=1S/C21H15N5O5S/c1-13-5-4-7-18-19(13)23-21(32-18)24(12-15-6-2-3-8-22-15)20(27)14-9-16(25(28)29)11-17(10-14)26(30)31/h2-11H,12H2,1H3. The Kier molecular flexibility index (Phi) is 5.56. The number of amides is 1. The fourth-order valence-corrected chi connectivity index (χ4v) is 4.20. The van der Waals surface area contributed by atoms with Crippen LogP contribution in [0.3, 0.4) is 0 Å². The van der Waals surface area contributed by atoms with Gasteiger partial charge in [-0.3, -0.25) is 34.9 Å². The Hall–Kier alpha value is -4.25. The number of fused-ring (bicyclic) bond motifs is 1. The quantitative estimate of drug-likeness (QED) is 0.309. The molecule has 0 saturated carbocycles. The minimum absolute atomic E-state index is 0.0367. The molecular formula is C21H15N5O5S. The number of thiazole rings is 1. The third kappa shape index (κ3) is 4.14. The molecule has 0 aliphatic rings. The van der Waals surface area contributed by atoms with Gasteiger partial charge in [0.05, 0.1) is 43.9 Å². The molecule has 0 aliphatic carbocycles. The molecule has 0 aliphatic heterocycles. The highest BCUT2D eigenvalue weighted by atomic mass is 32.1. The summed E-state index contributed by atoms with van der Waals surface area (Å²) in [5, 5.41) is 22.9. The molecule has 160 valence electrons. The fraction of sp³-hybridized carbons (Fsp3) is 0.0952. The third-order valence-electron chi connectivity index (χ3n) is 4.70. The molecule has 1 amide bonds. The predicted octanol–water partition coefficient (Wildman–Crippen LogP) is 4.66. The summed E-state index contributed by atoms with van der Waals surface area (Å²) in [4.78, 5) is 44.7. The smallest absolute Gasteiger partial charge is 0.277 e. The van der Waals surface area contributed by atoms with Crippen molar-refractivity contribution in [1.82, 2.24) is 9.97 Å². The van der Waals surface area contributed by atoms with Gasteiger partial charge in [0.1, 0.15) is 0 Å². The first-order valence-electron chi connectivity index (χ1n) is 9.35. The van der Waals surface area contributed by atoms with Crippen LogP contribution < -0.4 is 4.90 Å². The first kappa shape index (κ1) is 21.0. The summed E-state index contributed by atoms with van der Waals surface area (Å²) in [5.74, 6) is -0.654. The van der Waals surface area contributed by atoms with E-state index in [4.69, 9.17) is 0 Å². The van der Waals surface area contributed by atoms with Gasteiger partial charge in [-0.15, -0.1) is 0 Å². The van der Waals surface area contributed by atoms with Crippen molar-refractivity contribution in [2.24, 2.45) is 0 Å². The Morgan fingerprint density at radius 3 is 2.34 bits per heavy atom. The van der Waals surface area contributed by atoms with E-state index in [9.17, 15) is 25.0 Å². The van der Waals surface area contributed by atoms with Gasteiger partial charge in [-0.05, 0) is 30.7 Å². The highest BCUT2D eigenvalue weighted by molar-refractivity contribution is 7.22. The first-order chi connectivity index (χ1) is 15.3. The van der Waals surface area contributed by atoms with Crippen molar-refractivity contribution in [2.75, 3.05) is 4.90 Å². The van der Waals surface area contributed by atoms with E-state index in [2.05, 4.69) is 9.97 Å². The highest BCUT2D eigenvalue weighted by Crippen LogP contribution is 2.33. The topological polar surface area (TPSA) is 132 Å². The number of aromatic nitrogens is 2. The molecule has 4 aromatic rings. The van der Waals surface area contributed by atoms with Gasteiger partial charge in [-0.25, -0.2) is 4.98 Å². The molecule has 32 heavy (non-hydrogen) atoms. The van der Waals surface area contributed by atoms with Crippen molar-refractivity contribution in [2.45, 2.75) is 13.5 Å². The summed E-state index contributed by atoms with van der Waals surface area (Å²) in [6, 6.07) is 13.8. The van der Waals surface area contributed by atoms with Gasteiger partial charge in [0.15, 0.2) is 5.13 Å². The second kappa shape index (κ2) is 8.47. The highest BCUT2D eigenvalue weighted by Gasteiger charge is 2.26. The number of rotatable bonds is 6. The van der Waals surface area contributed by atoms with E-state index >= 15 is 0 Å². The lowest BCUT2D eigenvalue weighted by atomic mass is 10.1. The Balaban J connectivity index is 1.84. The van der Waals surface area contributed by atoms with Crippen LogP contribution in [0.2, 0.25) is 0 Å². The lowest BCUT2D eigenvalue weighted by molar-refractivity contribution is -0.394. The van der Waals surface area contributed by atoms with Crippen LogP contribution in [0.1, 0.15) is 21.6 Å². The number of benzene rings is 2. The van der Waals surface area contributed by atoms with Crippen LogP contribution in [0.5, 0.6) is 0 Å². The molecule has 10 nitrogen and oxygen atoms in total. The molecular weight excluding hydrogens is 434 g/mol. The van der Waals surface area contributed by atoms with Crippen LogP contribution in [-0.4, -0.2) is 25.7 Å². The Morgan fingerprint density at radius 2 is 1.75 bits per heavy atom. The zero-order chi connectivity index (χ0) is 22.8. The SMILES string of the molecule is Cc1cccc2sc(N(Cc3ccccn3)C(=O)c3cc([N+](=O)[O-])cc([N+](=O)[O-])c3)nc12. The van der Waals surface area contributed by atoms with Crippen molar-refractivity contribution >= 4 is 44.0 Å². The Morgan fingerprint density at radius 1 is 1.03 bits per heavy atom. The molecule has 2 aromatic carbocycles. The number of anilines is 1. The molecule has 0 radical (unpaired) electrons. The second-order valence-electron chi connectivity index (χ2n) is 6.88. The molecule has 11 heteroatoms. The minimum Gasteiger partial charge on any atom is -0.278 e. The maximum absolute atomic E-state index is 13.5. The van der Waals surface area contributed by atoms with E-state index in [1.165, 1.54) is 16.2 Å². The zero-order valence-electron chi connectivity index (χ0n) is 16.7. The monoisotopic (exact) mass is 449 g/mol. The van der Waals surface area contributed by atoms with Crippen molar-refractivity contribution in [1.29, 1.82) is 0 Å². The number of hydrogen-bond acceptors (Lipinski definition) is 8. The van der Waals surface area contributed by atoms with Gasteiger partial charge in [0, 0.05) is 18.3 Å². The van der Waals surface area contributed by atoms with E-state index < -0.39 is 27.1 Å². The summed E-state index contributed by atoms with van der Waals surface area (Å²) in [6.45, 7) is 1.94. The van der Waals surface area contributed by atoms with Crippen molar-refractivity contribution in [3.8, 4) is 0 Å². The summed E-state index contributed by atoms with van der Waals surface area (Å²) >= 11 is 1.28. The van der Waals surface area contributed by atoms with Crippen LogP contribution in [0, 0.1) is 27.2 Å². The molecule has 0 bridgehead atoms. The van der Waals surface area contributed by atoms with Crippen molar-refractivity contribution in [3.63, 3.8) is 0 Å². The number of nitrogens with zero attached hydrogens (tertiary/aromatic N) is 5. The summed E-state index contributed by atoms with van der Waals surface area (Å²) in [7, 11) is 0. The number of pyridine rings is 1.